The van der Waals surface area contributed by atoms with Crippen LogP contribution in [0.5, 0.6) is 5.75 Å². The number of sulfonamides is 1. The van der Waals surface area contributed by atoms with Crippen LogP contribution in [-0.4, -0.2) is 50.4 Å². The lowest BCUT2D eigenvalue weighted by Gasteiger charge is -2.37. The van der Waals surface area contributed by atoms with Crippen molar-refractivity contribution in [3.05, 3.63) is 70.1 Å². The standard InChI is InChI=1S/C25H31ClN2O3S/c1-27(32(29,30)15-12-20-8-3-2-4-9-20)18-21-16-23(17-21)31-24-11-7-10-22(25(24)26)19-28-13-5-6-14-28/h2-4,7-12,15,21,23H,5-6,13-14,16-19H2,1H3/b15-12+. The van der Waals surface area contributed by atoms with Crippen LogP contribution in [0.4, 0.5) is 0 Å². The summed E-state index contributed by atoms with van der Waals surface area (Å²) >= 11 is 6.63. The van der Waals surface area contributed by atoms with Crippen molar-refractivity contribution in [2.75, 3.05) is 26.7 Å². The van der Waals surface area contributed by atoms with E-state index in [0.717, 1.165) is 49.4 Å². The first-order chi connectivity index (χ1) is 15.4. The molecule has 5 nitrogen and oxygen atoms in total. The molecule has 0 radical (unpaired) electrons. The Bertz CT molecular complexity index is 1030. The molecule has 0 aromatic heterocycles. The van der Waals surface area contributed by atoms with Crippen LogP contribution in [0.2, 0.25) is 5.02 Å². The van der Waals surface area contributed by atoms with Crippen molar-refractivity contribution in [2.24, 2.45) is 5.92 Å². The summed E-state index contributed by atoms with van der Waals surface area (Å²) in [6.07, 6.45) is 5.88. The van der Waals surface area contributed by atoms with Gasteiger partial charge in [0.2, 0.25) is 10.0 Å². The second kappa shape index (κ2) is 10.4. The largest absolute Gasteiger partial charge is 0.489 e. The van der Waals surface area contributed by atoms with Crippen molar-refractivity contribution in [3.8, 4) is 5.75 Å². The van der Waals surface area contributed by atoms with Crippen molar-refractivity contribution < 1.29 is 13.2 Å². The van der Waals surface area contributed by atoms with E-state index < -0.39 is 10.0 Å². The number of halogens is 1. The fourth-order valence-electron chi connectivity index (χ4n) is 4.35. The average Bonchev–Trinajstić information content (AvgIpc) is 3.27. The number of rotatable bonds is 9. The molecule has 1 heterocycles. The minimum absolute atomic E-state index is 0.0792. The van der Waals surface area contributed by atoms with Gasteiger partial charge in [-0.2, -0.15) is 0 Å². The maximum atomic E-state index is 12.6. The van der Waals surface area contributed by atoms with E-state index in [1.807, 2.05) is 42.5 Å². The van der Waals surface area contributed by atoms with Gasteiger partial charge in [0, 0.05) is 25.5 Å². The molecular weight excluding hydrogens is 444 g/mol. The number of nitrogens with zero attached hydrogens (tertiary/aromatic N) is 2. The van der Waals surface area contributed by atoms with E-state index in [9.17, 15) is 8.42 Å². The van der Waals surface area contributed by atoms with Gasteiger partial charge >= 0.3 is 0 Å². The number of hydrogen-bond acceptors (Lipinski definition) is 4. The van der Waals surface area contributed by atoms with Crippen molar-refractivity contribution in [1.82, 2.24) is 9.21 Å². The lowest BCUT2D eigenvalue weighted by molar-refractivity contribution is 0.0576. The van der Waals surface area contributed by atoms with Crippen molar-refractivity contribution in [2.45, 2.75) is 38.3 Å². The minimum Gasteiger partial charge on any atom is -0.489 e. The van der Waals surface area contributed by atoms with Crippen molar-refractivity contribution in [3.63, 3.8) is 0 Å². The van der Waals surface area contributed by atoms with Crippen LogP contribution in [0.25, 0.3) is 6.08 Å². The molecule has 0 amide bonds. The summed E-state index contributed by atoms with van der Waals surface area (Å²) in [5.74, 6) is 1.02. The molecule has 1 saturated heterocycles. The van der Waals surface area contributed by atoms with Crippen LogP contribution >= 0.6 is 11.6 Å². The van der Waals surface area contributed by atoms with Crippen LogP contribution in [0.1, 0.15) is 36.8 Å². The highest BCUT2D eigenvalue weighted by atomic mass is 35.5. The predicted molar refractivity (Wildman–Crippen MR) is 130 cm³/mol. The maximum absolute atomic E-state index is 12.6. The van der Waals surface area contributed by atoms with E-state index in [1.165, 1.54) is 22.6 Å². The first-order valence-corrected chi connectivity index (χ1v) is 13.1. The minimum atomic E-state index is -3.44. The first kappa shape index (κ1) is 23.3. The zero-order valence-corrected chi connectivity index (χ0v) is 20.1. The molecule has 0 N–H and O–H groups in total. The molecule has 2 aromatic carbocycles. The highest BCUT2D eigenvalue weighted by molar-refractivity contribution is 7.92. The molecule has 1 aliphatic heterocycles. The quantitative estimate of drug-likeness (QED) is 0.511. The van der Waals surface area contributed by atoms with Crippen LogP contribution < -0.4 is 4.74 Å². The van der Waals surface area contributed by atoms with Gasteiger partial charge in [-0.3, -0.25) is 4.90 Å². The molecule has 32 heavy (non-hydrogen) atoms. The molecule has 2 fully saturated rings. The Kier molecular flexibility index (Phi) is 7.56. The Morgan fingerprint density at radius 2 is 1.81 bits per heavy atom. The summed E-state index contributed by atoms with van der Waals surface area (Å²) in [5.41, 5.74) is 1.98. The molecule has 0 bridgehead atoms. The van der Waals surface area contributed by atoms with Gasteiger partial charge in [-0.05, 0) is 68.0 Å². The van der Waals surface area contributed by atoms with Crippen LogP contribution in [0, 0.1) is 5.92 Å². The summed E-state index contributed by atoms with van der Waals surface area (Å²) in [4.78, 5) is 2.42. The summed E-state index contributed by atoms with van der Waals surface area (Å²) in [7, 11) is -1.81. The Morgan fingerprint density at radius 3 is 2.53 bits per heavy atom. The third-order valence-electron chi connectivity index (χ3n) is 6.30. The number of likely N-dealkylation sites (tertiary alicyclic amines) is 1. The molecule has 0 unspecified atom stereocenters. The lowest BCUT2D eigenvalue weighted by atomic mass is 9.82. The third-order valence-corrected chi connectivity index (χ3v) is 8.23. The Hall–Kier alpha value is -1.86. The van der Waals surface area contributed by atoms with Gasteiger partial charge in [0.15, 0.2) is 0 Å². The smallest absolute Gasteiger partial charge is 0.235 e. The maximum Gasteiger partial charge on any atom is 0.235 e. The Morgan fingerprint density at radius 1 is 1.09 bits per heavy atom. The molecule has 1 saturated carbocycles. The highest BCUT2D eigenvalue weighted by Gasteiger charge is 2.34. The molecule has 2 aliphatic rings. The van der Waals surface area contributed by atoms with Gasteiger partial charge in [-0.25, -0.2) is 12.7 Å². The van der Waals surface area contributed by atoms with E-state index in [0.29, 0.717) is 11.6 Å². The molecular formula is C25H31ClN2O3S. The third kappa shape index (κ3) is 5.93. The van der Waals surface area contributed by atoms with Crippen molar-refractivity contribution in [1.29, 1.82) is 0 Å². The van der Waals surface area contributed by atoms with E-state index in [-0.39, 0.29) is 12.0 Å². The van der Waals surface area contributed by atoms with Crippen LogP contribution in [-0.2, 0) is 16.6 Å². The fraction of sp³-hybridized carbons (Fsp3) is 0.440. The summed E-state index contributed by atoms with van der Waals surface area (Å²) in [6.45, 7) is 3.61. The van der Waals surface area contributed by atoms with Gasteiger partial charge in [-0.15, -0.1) is 0 Å². The first-order valence-electron chi connectivity index (χ1n) is 11.3. The molecule has 172 valence electrons. The lowest BCUT2D eigenvalue weighted by Crippen LogP contribution is -2.41. The zero-order valence-electron chi connectivity index (χ0n) is 18.5. The molecule has 0 spiro atoms. The van der Waals surface area contributed by atoms with Gasteiger partial charge in [0.05, 0.1) is 11.1 Å². The van der Waals surface area contributed by atoms with Crippen LogP contribution in [0.15, 0.2) is 53.9 Å². The number of hydrogen-bond donors (Lipinski definition) is 0. The SMILES string of the molecule is CN(CC1CC(Oc2cccc(CN3CCCC3)c2Cl)C1)S(=O)(=O)/C=C/c1ccccc1. The zero-order chi connectivity index (χ0) is 22.6. The summed E-state index contributed by atoms with van der Waals surface area (Å²) < 4.78 is 32.7. The second-order valence-corrected chi connectivity index (χ2v) is 11.1. The molecule has 0 atom stereocenters. The predicted octanol–water partition coefficient (Wildman–Crippen LogP) is 5.03. The van der Waals surface area contributed by atoms with Gasteiger partial charge < -0.3 is 4.74 Å². The number of benzene rings is 2. The van der Waals surface area contributed by atoms with Crippen molar-refractivity contribution >= 4 is 27.7 Å². The topological polar surface area (TPSA) is 49.9 Å². The van der Waals surface area contributed by atoms with Gasteiger partial charge in [0.25, 0.3) is 0 Å². The summed E-state index contributed by atoms with van der Waals surface area (Å²) in [6, 6.07) is 15.4. The van der Waals surface area contributed by atoms with E-state index in [2.05, 4.69) is 11.0 Å². The normalized spacial score (nSPS) is 21.8. The molecule has 7 heteroatoms. The molecule has 4 rings (SSSR count). The monoisotopic (exact) mass is 474 g/mol. The van der Waals surface area contributed by atoms with E-state index >= 15 is 0 Å². The molecule has 2 aromatic rings. The molecule has 1 aliphatic carbocycles. The average molecular weight is 475 g/mol. The fourth-order valence-corrected chi connectivity index (χ4v) is 5.54. The Labute approximate surface area is 196 Å². The second-order valence-electron chi connectivity index (χ2n) is 8.83. The Balaban J connectivity index is 1.27. The van der Waals surface area contributed by atoms with Gasteiger partial charge in [-0.1, -0.05) is 54.1 Å². The van der Waals surface area contributed by atoms with Crippen LogP contribution in [0.3, 0.4) is 0 Å². The number of ether oxygens (including phenoxy) is 1. The van der Waals surface area contributed by atoms with E-state index in [4.69, 9.17) is 16.3 Å². The van der Waals surface area contributed by atoms with Gasteiger partial charge in [0.1, 0.15) is 5.75 Å². The summed E-state index contributed by atoms with van der Waals surface area (Å²) in [5, 5.41) is 1.98. The van der Waals surface area contributed by atoms with E-state index in [1.54, 1.807) is 13.1 Å². The highest BCUT2D eigenvalue weighted by Crippen LogP contribution is 2.36.